The Balaban J connectivity index is 1.24. The van der Waals surface area contributed by atoms with Crippen molar-refractivity contribution in [3.8, 4) is 11.1 Å². The van der Waals surface area contributed by atoms with Crippen LogP contribution < -0.4 is 5.32 Å². The molecular weight excluding hydrogens is 491 g/mol. The highest BCUT2D eigenvalue weighted by atomic mass is 19.1. The second kappa shape index (κ2) is 10.5. The van der Waals surface area contributed by atoms with Gasteiger partial charge in [-0.1, -0.05) is 30.3 Å². The zero-order chi connectivity index (χ0) is 27.1. The summed E-state index contributed by atoms with van der Waals surface area (Å²) in [5, 5.41) is 2.93. The van der Waals surface area contributed by atoms with Crippen LogP contribution in [0.4, 0.5) is 10.1 Å². The molecule has 0 unspecified atom stereocenters. The van der Waals surface area contributed by atoms with E-state index in [9.17, 15) is 14.0 Å². The number of aromatic nitrogens is 1. The van der Waals surface area contributed by atoms with Crippen LogP contribution in [0.3, 0.4) is 0 Å². The summed E-state index contributed by atoms with van der Waals surface area (Å²) in [4.78, 5) is 34.4. The Hall–Kier alpha value is -3.71. The molecule has 2 N–H and O–H groups in total. The molecule has 39 heavy (non-hydrogen) atoms. The Morgan fingerprint density at radius 3 is 2.46 bits per heavy atom. The number of halogens is 1. The number of likely N-dealkylation sites (tertiary alicyclic amines) is 2. The molecule has 3 aliphatic heterocycles. The molecule has 1 aromatic heterocycles. The first-order chi connectivity index (χ1) is 18.9. The van der Waals surface area contributed by atoms with Crippen LogP contribution in [-0.4, -0.2) is 58.8 Å². The van der Waals surface area contributed by atoms with Gasteiger partial charge in [0.2, 0.25) is 5.91 Å². The fourth-order valence-corrected chi connectivity index (χ4v) is 6.51. The quantitative estimate of drug-likeness (QED) is 0.428. The summed E-state index contributed by atoms with van der Waals surface area (Å²) in [5.41, 5.74) is 6.64. The Bertz CT molecular complexity index is 1460. The summed E-state index contributed by atoms with van der Waals surface area (Å²) in [6.07, 6.45) is 6.86. The number of aromatic amines is 1. The molecule has 4 heterocycles. The van der Waals surface area contributed by atoms with E-state index in [0.29, 0.717) is 40.4 Å². The van der Waals surface area contributed by atoms with E-state index in [0.717, 1.165) is 48.4 Å². The monoisotopic (exact) mass is 526 g/mol. The van der Waals surface area contributed by atoms with E-state index in [-0.39, 0.29) is 17.6 Å². The first-order valence-electron chi connectivity index (χ1n) is 14.0. The summed E-state index contributed by atoms with van der Waals surface area (Å²) in [7, 11) is 0. The molecule has 0 saturated carbocycles. The molecule has 6 nitrogen and oxygen atoms in total. The van der Waals surface area contributed by atoms with Crippen LogP contribution in [0, 0.1) is 19.7 Å². The number of carbonyl (C=O) groups excluding carboxylic acids is 2. The molecule has 7 heteroatoms. The van der Waals surface area contributed by atoms with E-state index in [1.807, 2.05) is 43.0 Å². The van der Waals surface area contributed by atoms with Gasteiger partial charge in [0.15, 0.2) is 0 Å². The summed E-state index contributed by atoms with van der Waals surface area (Å²) < 4.78 is 14.7. The Kier molecular flexibility index (Phi) is 6.85. The summed E-state index contributed by atoms with van der Waals surface area (Å²) >= 11 is 0. The average molecular weight is 527 g/mol. The Morgan fingerprint density at radius 1 is 1.00 bits per heavy atom. The molecule has 3 aromatic rings. The molecule has 2 saturated heterocycles. The molecule has 0 aliphatic carbocycles. The van der Waals surface area contributed by atoms with Crippen LogP contribution in [0.2, 0.25) is 0 Å². The summed E-state index contributed by atoms with van der Waals surface area (Å²) in [6.45, 7) is 8.00. The summed E-state index contributed by atoms with van der Waals surface area (Å²) in [6, 6.07) is 12.7. The number of H-pyrrole nitrogens is 1. The molecule has 0 spiro atoms. The second-order valence-electron chi connectivity index (χ2n) is 11.0. The van der Waals surface area contributed by atoms with Crippen molar-refractivity contribution in [1.29, 1.82) is 0 Å². The van der Waals surface area contributed by atoms with Gasteiger partial charge in [-0.25, -0.2) is 4.39 Å². The molecule has 202 valence electrons. The third-order valence-corrected chi connectivity index (χ3v) is 8.71. The lowest BCUT2D eigenvalue weighted by Crippen LogP contribution is -2.46. The maximum Gasteiger partial charge on any atom is 0.256 e. The smallest absolute Gasteiger partial charge is 0.256 e. The van der Waals surface area contributed by atoms with Crippen LogP contribution in [-0.2, 0) is 16.0 Å². The number of hydrogen-bond donors (Lipinski definition) is 2. The molecule has 0 atom stereocenters. The molecule has 3 aliphatic rings. The van der Waals surface area contributed by atoms with Crippen LogP contribution in [0.5, 0.6) is 0 Å². The Morgan fingerprint density at radius 2 is 1.72 bits per heavy atom. The van der Waals surface area contributed by atoms with Crippen molar-refractivity contribution >= 4 is 29.2 Å². The number of hydrogen-bond acceptors (Lipinski definition) is 3. The first kappa shape index (κ1) is 25.6. The second-order valence-corrected chi connectivity index (χ2v) is 11.0. The minimum absolute atomic E-state index is 0.157. The Labute approximate surface area is 228 Å². The molecule has 2 fully saturated rings. The SMILES string of the molecule is Cc1[nH]c(C=C2C(=O)Nc3cccc(-c4ccccc4F)c32)c(C)c1CC(=O)N1CCC(N2CCCC2)CC1. The van der Waals surface area contributed by atoms with Crippen molar-refractivity contribution in [2.45, 2.75) is 52.0 Å². The fourth-order valence-electron chi connectivity index (χ4n) is 6.51. The summed E-state index contributed by atoms with van der Waals surface area (Å²) in [5.74, 6) is -0.397. The number of carbonyl (C=O) groups is 2. The number of fused-ring (bicyclic) bond motifs is 1. The number of piperidine rings is 1. The van der Waals surface area contributed by atoms with Gasteiger partial charge >= 0.3 is 0 Å². The average Bonchev–Trinajstić information content (AvgIpc) is 3.65. The lowest BCUT2D eigenvalue weighted by Gasteiger charge is -2.36. The van der Waals surface area contributed by atoms with Crippen LogP contribution >= 0.6 is 0 Å². The van der Waals surface area contributed by atoms with Gasteiger partial charge in [0.05, 0.1) is 12.0 Å². The third kappa shape index (κ3) is 4.80. The minimum atomic E-state index is -0.332. The molecule has 2 aromatic carbocycles. The predicted molar refractivity (Wildman–Crippen MR) is 153 cm³/mol. The topological polar surface area (TPSA) is 68.4 Å². The lowest BCUT2D eigenvalue weighted by molar-refractivity contribution is -0.132. The molecule has 0 bridgehead atoms. The van der Waals surface area contributed by atoms with Gasteiger partial charge in [-0.2, -0.15) is 0 Å². The predicted octanol–water partition coefficient (Wildman–Crippen LogP) is 5.56. The first-order valence-corrected chi connectivity index (χ1v) is 14.0. The van der Waals surface area contributed by atoms with E-state index in [2.05, 4.69) is 15.2 Å². The molecule has 2 amide bonds. The van der Waals surface area contributed by atoms with Crippen LogP contribution in [0.15, 0.2) is 42.5 Å². The standard InChI is InChI=1S/C32H35FN4O2/c1-20-25(19-30(38)37-16-12-22(13-17-37)36-14-5-6-15-36)21(2)34-29(20)18-26-31-24(23-8-3-4-10-27(23)33)9-7-11-28(31)35-32(26)39/h3-4,7-11,18,22,34H,5-6,12-17,19H2,1-2H3,(H,35,39). The highest BCUT2D eigenvalue weighted by Crippen LogP contribution is 2.41. The maximum absolute atomic E-state index is 14.7. The largest absolute Gasteiger partial charge is 0.359 e. The van der Waals surface area contributed by atoms with E-state index in [1.165, 1.54) is 32.0 Å². The molecule has 6 rings (SSSR count). The van der Waals surface area contributed by atoms with Crippen molar-refractivity contribution in [2.75, 3.05) is 31.5 Å². The maximum atomic E-state index is 14.7. The highest BCUT2D eigenvalue weighted by Gasteiger charge is 2.30. The van der Waals surface area contributed by atoms with Gasteiger partial charge in [0.25, 0.3) is 5.91 Å². The number of amides is 2. The number of aryl methyl sites for hydroxylation is 1. The zero-order valence-electron chi connectivity index (χ0n) is 22.6. The molecule has 0 radical (unpaired) electrons. The third-order valence-electron chi connectivity index (χ3n) is 8.71. The van der Waals surface area contributed by atoms with Crippen LogP contribution in [0.1, 0.15) is 53.8 Å². The van der Waals surface area contributed by atoms with Crippen LogP contribution in [0.25, 0.3) is 22.8 Å². The van der Waals surface area contributed by atoms with E-state index in [1.54, 1.807) is 18.2 Å². The van der Waals surface area contributed by atoms with Crippen molar-refractivity contribution < 1.29 is 14.0 Å². The van der Waals surface area contributed by atoms with Gasteiger partial charge in [-0.3, -0.25) is 9.59 Å². The van der Waals surface area contributed by atoms with Gasteiger partial charge < -0.3 is 20.1 Å². The number of rotatable bonds is 5. The number of nitrogens with one attached hydrogen (secondary N) is 2. The molecular formula is C32H35FN4O2. The van der Waals surface area contributed by atoms with Gasteiger partial charge in [-0.15, -0.1) is 0 Å². The lowest BCUT2D eigenvalue weighted by atomic mass is 9.93. The highest BCUT2D eigenvalue weighted by molar-refractivity contribution is 6.36. The van der Waals surface area contributed by atoms with Crippen molar-refractivity contribution in [1.82, 2.24) is 14.8 Å². The normalized spacial score (nSPS) is 19.1. The van der Waals surface area contributed by atoms with Gasteiger partial charge in [-0.05, 0) is 87.5 Å². The van der Waals surface area contributed by atoms with E-state index >= 15 is 0 Å². The number of anilines is 1. The van der Waals surface area contributed by atoms with E-state index < -0.39 is 0 Å². The number of nitrogens with zero attached hydrogens (tertiary/aromatic N) is 2. The number of benzene rings is 2. The zero-order valence-corrected chi connectivity index (χ0v) is 22.6. The fraction of sp³-hybridized carbons (Fsp3) is 0.375. The minimum Gasteiger partial charge on any atom is -0.359 e. The van der Waals surface area contributed by atoms with Crippen molar-refractivity contribution in [3.63, 3.8) is 0 Å². The van der Waals surface area contributed by atoms with Crippen molar-refractivity contribution in [3.05, 3.63) is 76.4 Å². The van der Waals surface area contributed by atoms with E-state index in [4.69, 9.17) is 0 Å². The van der Waals surface area contributed by atoms with Gasteiger partial charge in [0, 0.05) is 47.3 Å². The van der Waals surface area contributed by atoms with Crippen molar-refractivity contribution in [2.24, 2.45) is 0 Å². The van der Waals surface area contributed by atoms with Gasteiger partial charge in [0.1, 0.15) is 5.82 Å².